The molecule has 0 radical (unpaired) electrons. The first-order valence-corrected chi connectivity index (χ1v) is 7.77. The highest BCUT2D eigenvalue weighted by Crippen LogP contribution is 2.20. The average molecular weight is 339 g/mol. The van der Waals surface area contributed by atoms with Crippen molar-refractivity contribution in [2.45, 2.75) is 11.5 Å². The Hall–Kier alpha value is -2.35. The summed E-state index contributed by atoms with van der Waals surface area (Å²) in [4.78, 5) is 11.6. The smallest absolute Gasteiger partial charge is 0.284 e. The molecule has 1 amide bonds. The summed E-state index contributed by atoms with van der Waals surface area (Å²) in [5, 5.41) is 6.69. The molecule has 1 aromatic heterocycles. The monoisotopic (exact) mass is 339 g/mol. The summed E-state index contributed by atoms with van der Waals surface area (Å²) < 4.78 is 29.4. The van der Waals surface area contributed by atoms with Crippen molar-refractivity contribution >= 4 is 29.6 Å². The van der Waals surface area contributed by atoms with E-state index in [1.54, 1.807) is 12.1 Å². The number of hydrogen-bond acceptors (Lipinski definition) is 5. The number of amides is 1. The lowest BCUT2D eigenvalue weighted by molar-refractivity contribution is -0.119. The van der Waals surface area contributed by atoms with Crippen LogP contribution in [0.2, 0.25) is 0 Å². The zero-order chi connectivity index (χ0) is 16.5. The first-order valence-electron chi connectivity index (χ1n) is 6.73. The van der Waals surface area contributed by atoms with Crippen LogP contribution in [0.5, 0.6) is 0 Å². The zero-order valence-corrected chi connectivity index (χ0v) is 12.9. The fraction of sp³-hybridized carbons (Fsp3) is 0.200. The van der Waals surface area contributed by atoms with Crippen molar-refractivity contribution in [3.63, 3.8) is 0 Å². The van der Waals surface area contributed by atoms with E-state index in [1.165, 1.54) is 6.21 Å². The molecular weight excluding hydrogens is 324 g/mol. The van der Waals surface area contributed by atoms with Gasteiger partial charge in [-0.05, 0) is 24.3 Å². The van der Waals surface area contributed by atoms with Gasteiger partial charge in [-0.1, -0.05) is 30.0 Å². The van der Waals surface area contributed by atoms with Crippen LogP contribution in [0.4, 0.5) is 14.5 Å². The molecule has 122 valence electrons. The van der Waals surface area contributed by atoms with Gasteiger partial charge in [0.1, 0.15) is 11.5 Å². The fourth-order valence-electron chi connectivity index (χ4n) is 1.63. The summed E-state index contributed by atoms with van der Waals surface area (Å²) >= 11 is 0.481. The number of carbonyl (C=O) groups is 1. The molecule has 0 saturated carbocycles. The summed E-state index contributed by atoms with van der Waals surface area (Å²) in [6.45, 7) is 0.0792. The van der Waals surface area contributed by atoms with E-state index in [2.05, 4.69) is 15.8 Å². The van der Waals surface area contributed by atoms with Gasteiger partial charge in [-0.25, -0.2) is 5.43 Å². The summed E-state index contributed by atoms with van der Waals surface area (Å²) in [7, 11) is 0. The summed E-state index contributed by atoms with van der Waals surface area (Å²) in [5.41, 5.74) is 3.18. The van der Waals surface area contributed by atoms with Gasteiger partial charge < -0.3 is 9.73 Å². The molecule has 23 heavy (non-hydrogen) atoms. The molecule has 0 spiro atoms. The van der Waals surface area contributed by atoms with Crippen molar-refractivity contribution in [1.82, 2.24) is 5.43 Å². The molecule has 0 aliphatic carbocycles. The maximum Gasteiger partial charge on any atom is 0.284 e. The van der Waals surface area contributed by atoms with Gasteiger partial charge in [0.2, 0.25) is 0 Å². The van der Waals surface area contributed by atoms with E-state index in [0.29, 0.717) is 23.3 Å². The van der Waals surface area contributed by atoms with Gasteiger partial charge in [0.25, 0.3) is 11.7 Å². The van der Waals surface area contributed by atoms with Gasteiger partial charge in [0.05, 0.1) is 18.5 Å². The Morgan fingerprint density at radius 2 is 2.04 bits per heavy atom. The summed E-state index contributed by atoms with van der Waals surface area (Å²) in [5.74, 6) is -1.86. The largest absolute Gasteiger partial charge is 0.459 e. The molecule has 0 bridgehead atoms. The normalized spacial score (nSPS) is 11.1. The molecule has 0 unspecified atom stereocenters. The number of halogens is 2. The molecule has 0 fully saturated rings. The van der Waals surface area contributed by atoms with Gasteiger partial charge in [-0.3, -0.25) is 4.79 Å². The number of carbonyl (C=O) groups excluding carboxylic acids is 1. The first kappa shape index (κ1) is 17.0. The first-order chi connectivity index (χ1) is 11.1. The van der Waals surface area contributed by atoms with Gasteiger partial charge in [-0.2, -0.15) is 13.9 Å². The number of thioether (sulfide) groups is 1. The SMILES string of the molecule is O=C(CNc1ccccc1)N/N=C\c1ccc(CSC(F)F)o1. The third-order valence-corrected chi connectivity index (χ3v) is 3.35. The number of alkyl halides is 2. The molecule has 1 heterocycles. The number of rotatable bonds is 8. The van der Waals surface area contributed by atoms with Crippen LogP contribution < -0.4 is 10.7 Å². The molecule has 5 nitrogen and oxygen atoms in total. The second-order valence-corrected chi connectivity index (χ2v) is 5.37. The van der Waals surface area contributed by atoms with Gasteiger partial charge in [0, 0.05) is 5.69 Å². The number of para-hydroxylation sites is 1. The highest BCUT2D eigenvalue weighted by atomic mass is 32.2. The van der Waals surface area contributed by atoms with Crippen LogP contribution in [-0.2, 0) is 10.5 Å². The summed E-state index contributed by atoms with van der Waals surface area (Å²) in [6, 6.07) is 12.5. The lowest BCUT2D eigenvalue weighted by Crippen LogP contribution is -2.25. The number of hydrogen-bond donors (Lipinski definition) is 2. The highest BCUT2D eigenvalue weighted by Gasteiger charge is 2.06. The van der Waals surface area contributed by atoms with Crippen LogP contribution in [0.25, 0.3) is 0 Å². The lowest BCUT2D eigenvalue weighted by atomic mass is 10.3. The molecule has 8 heteroatoms. The third-order valence-electron chi connectivity index (χ3n) is 2.64. The van der Waals surface area contributed by atoms with E-state index in [1.807, 2.05) is 30.3 Å². The Morgan fingerprint density at radius 1 is 1.26 bits per heavy atom. The number of anilines is 1. The average Bonchev–Trinajstić information content (AvgIpc) is 3.00. The molecule has 2 N–H and O–H groups in total. The highest BCUT2D eigenvalue weighted by molar-refractivity contribution is 7.98. The second-order valence-electron chi connectivity index (χ2n) is 4.39. The van der Waals surface area contributed by atoms with Crippen LogP contribution in [0.1, 0.15) is 11.5 Å². The van der Waals surface area contributed by atoms with Crippen molar-refractivity contribution in [3.8, 4) is 0 Å². The molecule has 0 saturated heterocycles. The van der Waals surface area contributed by atoms with Crippen LogP contribution in [0.15, 0.2) is 52.0 Å². The minimum atomic E-state index is -2.44. The van der Waals surface area contributed by atoms with E-state index in [0.717, 1.165) is 5.69 Å². The second kappa shape index (κ2) is 8.94. The minimum absolute atomic E-state index is 0.0792. The van der Waals surface area contributed by atoms with E-state index >= 15 is 0 Å². The molecule has 1 aromatic carbocycles. The van der Waals surface area contributed by atoms with E-state index in [4.69, 9.17) is 4.42 Å². The van der Waals surface area contributed by atoms with Crippen molar-refractivity contribution in [3.05, 3.63) is 54.0 Å². The maximum absolute atomic E-state index is 12.1. The topological polar surface area (TPSA) is 66.6 Å². The Balaban J connectivity index is 1.72. The quantitative estimate of drug-likeness (QED) is 0.572. The lowest BCUT2D eigenvalue weighted by Gasteiger charge is -2.04. The summed E-state index contributed by atoms with van der Waals surface area (Å²) in [6.07, 6.45) is 1.32. The fourth-order valence-corrected chi connectivity index (χ4v) is 2.08. The predicted molar refractivity (Wildman–Crippen MR) is 86.7 cm³/mol. The van der Waals surface area contributed by atoms with Gasteiger partial charge >= 0.3 is 0 Å². The van der Waals surface area contributed by atoms with Gasteiger partial charge in [0.15, 0.2) is 0 Å². The third kappa shape index (κ3) is 6.52. The minimum Gasteiger partial charge on any atom is -0.459 e. The number of nitrogens with zero attached hydrogens (tertiary/aromatic N) is 1. The number of hydrazone groups is 1. The van der Waals surface area contributed by atoms with Gasteiger partial charge in [-0.15, -0.1) is 0 Å². The Kier molecular flexibility index (Phi) is 6.61. The van der Waals surface area contributed by atoms with Crippen molar-refractivity contribution < 1.29 is 18.0 Å². The molecule has 2 aromatic rings. The number of nitrogens with one attached hydrogen (secondary N) is 2. The van der Waals surface area contributed by atoms with Crippen LogP contribution in [-0.4, -0.2) is 24.4 Å². The maximum atomic E-state index is 12.1. The predicted octanol–water partition coefficient (Wildman–Crippen LogP) is 3.30. The molecule has 2 rings (SSSR count). The van der Waals surface area contributed by atoms with Crippen molar-refractivity contribution in [2.75, 3.05) is 11.9 Å². The van der Waals surface area contributed by atoms with E-state index in [-0.39, 0.29) is 18.2 Å². The Labute approximate surface area is 136 Å². The van der Waals surface area contributed by atoms with Crippen LogP contribution in [0.3, 0.4) is 0 Å². The van der Waals surface area contributed by atoms with Crippen molar-refractivity contribution in [1.29, 1.82) is 0 Å². The van der Waals surface area contributed by atoms with Crippen LogP contribution >= 0.6 is 11.8 Å². The number of furan rings is 1. The Morgan fingerprint density at radius 3 is 2.78 bits per heavy atom. The van der Waals surface area contributed by atoms with E-state index in [9.17, 15) is 13.6 Å². The molecular formula is C15H15F2N3O2S. The van der Waals surface area contributed by atoms with E-state index < -0.39 is 5.76 Å². The Bertz CT molecular complexity index is 647. The molecule has 0 atom stereocenters. The zero-order valence-electron chi connectivity index (χ0n) is 12.0. The standard InChI is InChI=1S/C15H15F2N3O2S/c16-15(17)23-10-13-7-6-12(22-13)8-19-20-14(21)9-18-11-4-2-1-3-5-11/h1-8,15,18H,9-10H2,(H,20,21)/b19-8-. The van der Waals surface area contributed by atoms with Crippen LogP contribution in [0, 0.1) is 0 Å². The molecule has 0 aliphatic rings. The molecule has 0 aliphatic heterocycles. The number of benzene rings is 1. The van der Waals surface area contributed by atoms with Crippen molar-refractivity contribution in [2.24, 2.45) is 5.10 Å².